The molecular formula is C10H19N3O2. The minimum Gasteiger partial charge on any atom is -0.347 e. The van der Waals surface area contributed by atoms with Crippen molar-refractivity contribution in [2.75, 3.05) is 20.6 Å². The molecule has 0 aromatic carbocycles. The maximum absolute atomic E-state index is 11.7. The molecule has 1 aliphatic heterocycles. The van der Waals surface area contributed by atoms with E-state index in [2.05, 4.69) is 0 Å². The lowest BCUT2D eigenvalue weighted by atomic mass is 10.0. The van der Waals surface area contributed by atoms with Gasteiger partial charge in [0.05, 0.1) is 6.04 Å². The van der Waals surface area contributed by atoms with E-state index in [1.165, 1.54) is 4.90 Å². The normalized spacial score (nSPS) is 23.9. The zero-order chi connectivity index (χ0) is 11.6. The van der Waals surface area contributed by atoms with Crippen molar-refractivity contribution in [3.8, 4) is 0 Å². The average molecular weight is 213 g/mol. The molecule has 0 aliphatic carbocycles. The van der Waals surface area contributed by atoms with Crippen LogP contribution >= 0.6 is 0 Å². The fourth-order valence-corrected chi connectivity index (χ4v) is 1.82. The Hall–Kier alpha value is -1.10. The first-order valence-electron chi connectivity index (χ1n) is 5.22. The van der Waals surface area contributed by atoms with Gasteiger partial charge in [0.2, 0.25) is 11.8 Å². The molecule has 0 bridgehead atoms. The fourth-order valence-electron chi connectivity index (χ4n) is 1.82. The Balaban J connectivity index is 2.70. The Kier molecular flexibility index (Phi) is 3.68. The molecule has 1 rings (SSSR count). The maximum atomic E-state index is 11.7. The van der Waals surface area contributed by atoms with Gasteiger partial charge in [-0.2, -0.15) is 0 Å². The van der Waals surface area contributed by atoms with Crippen molar-refractivity contribution in [2.45, 2.75) is 31.8 Å². The average Bonchev–Trinajstić information content (AvgIpc) is 2.20. The summed E-state index contributed by atoms with van der Waals surface area (Å²) in [5.74, 6) is -0.165. The molecule has 0 spiro atoms. The first-order chi connectivity index (χ1) is 6.95. The van der Waals surface area contributed by atoms with E-state index in [1.807, 2.05) is 0 Å². The van der Waals surface area contributed by atoms with Gasteiger partial charge in [0, 0.05) is 20.6 Å². The smallest absolute Gasteiger partial charge is 0.244 e. The van der Waals surface area contributed by atoms with Crippen molar-refractivity contribution in [2.24, 2.45) is 5.73 Å². The fraction of sp³-hybridized carbons (Fsp3) is 0.800. The summed E-state index contributed by atoms with van der Waals surface area (Å²) in [6, 6.07) is -0.838. The Morgan fingerprint density at radius 2 is 2.20 bits per heavy atom. The number of nitrogens with zero attached hydrogens (tertiary/aromatic N) is 2. The van der Waals surface area contributed by atoms with E-state index in [-0.39, 0.29) is 11.8 Å². The van der Waals surface area contributed by atoms with Crippen molar-refractivity contribution in [1.82, 2.24) is 9.80 Å². The SMILES string of the molecule is C[C@H](C(=O)N(C)C)N1CCC[C@@H](N)C1=O. The summed E-state index contributed by atoms with van der Waals surface area (Å²) in [6.45, 7) is 2.38. The number of hydrogen-bond acceptors (Lipinski definition) is 3. The van der Waals surface area contributed by atoms with Crippen LogP contribution in [0, 0.1) is 0 Å². The quantitative estimate of drug-likeness (QED) is 0.667. The van der Waals surface area contributed by atoms with Crippen LogP contribution in [0.25, 0.3) is 0 Å². The van der Waals surface area contributed by atoms with E-state index >= 15 is 0 Å². The molecular weight excluding hydrogens is 194 g/mol. The van der Waals surface area contributed by atoms with Crippen LogP contribution in [0.15, 0.2) is 0 Å². The lowest BCUT2D eigenvalue weighted by Gasteiger charge is -2.35. The molecule has 1 aliphatic rings. The summed E-state index contributed by atoms with van der Waals surface area (Å²) < 4.78 is 0. The van der Waals surface area contributed by atoms with Crippen LogP contribution in [0.1, 0.15) is 19.8 Å². The highest BCUT2D eigenvalue weighted by atomic mass is 16.2. The molecule has 0 saturated carbocycles. The molecule has 2 atom stereocenters. The molecule has 2 N–H and O–H groups in total. The van der Waals surface area contributed by atoms with Gasteiger partial charge in [-0.1, -0.05) is 0 Å². The van der Waals surface area contributed by atoms with Gasteiger partial charge in [0.1, 0.15) is 6.04 Å². The van der Waals surface area contributed by atoms with Crippen LogP contribution in [0.3, 0.4) is 0 Å². The molecule has 1 fully saturated rings. The van der Waals surface area contributed by atoms with Crippen LogP contribution in [-0.4, -0.2) is 54.3 Å². The molecule has 0 unspecified atom stereocenters. The predicted molar refractivity (Wildman–Crippen MR) is 57.1 cm³/mol. The second-order valence-corrected chi connectivity index (χ2v) is 4.19. The monoisotopic (exact) mass is 213 g/mol. The third kappa shape index (κ3) is 2.47. The van der Waals surface area contributed by atoms with Crippen LogP contribution in [-0.2, 0) is 9.59 Å². The highest BCUT2D eigenvalue weighted by Gasteiger charge is 2.32. The van der Waals surface area contributed by atoms with Gasteiger partial charge in [-0.15, -0.1) is 0 Å². The zero-order valence-corrected chi connectivity index (χ0v) is 9.56. The minimum absolute atomic E-state index is 0.0579. The first kappa shape index (κ1) is 12.0. The summed E-state index contributed by atoms with van der Waals surface area (Å²) in [7, 11) is 3.38. The summed E-state index contributed by atoms with van der Waals surface area (Å²) in [5.41, 5.74) is 5.67. The van der Waals surface area contributed by atoms with Gasteiger partial charge in [0.15, 0.2) is 0 Å². The first-order valence-corrected chi connectivity index (χ1v) is 5.22. The second kappa shape index (κ2) is 4.61. The van der Waals surface area contributed by atoms with E-state index in [4.69, 9.17) is 5.73 Å². The van der Waals surface area contributed by atoms with E-state index in [1.54, 1.807) is 25.9 Å². The molecule has 5 heteroatoms. The number of nitrogens with two attached hydrogens (primary N) is 1. The van der Waals surface area contributed by atoms with Crippen molar-refractivity contribution in [3.05, 3.63) is 0 Å². The molecule has 15 heavy (non-hydrogen) atoms. The molecule has 86 valence electrons. The predicted octanol–water partition coefficient (Wildman–Crippen LogP) is -0.587. The van der Waals surface area contributed by atoms with Gasteiger partial charge in [-0.25, -0.2) is 0 Å². The summed E-state index contributed by atoms with van der Waals surface area (Å²) in [6.07, 6.45) is 1.59. The van der Waals surface area contributed by atoms with Crippen LogP contribution < -0.4 is 5.73 Å². The van der Waals surface area contributed by atoms with Gasteiger partial charge in [-0.3, -0.25) is 9.59 Å². The van der Waals surface area contributed by atoms with Crippen LogP contribution in [0.4, 0.5) is 0 Å². The number of likely N-dealkylation sites (tertiary alicyclic amines) is 1. The molecule has 5 nitrogen and oxygen atoms in total. The summed E-state index contributed by atoms with van der Waals surface area (Å²) in [5, 5.41) is 0. The Morgan fingerprint density at radius 3 is 2.73 bits per heavy atom. The molecule has 1 saturated heterocycles. The van der Waals surface area contributed by atoms with Gasteiger partial charge < -0.3 is 15.5 Å². The summed E-state index contributed by atoms with van der Waals surface area (Å²) in [4.78, 5) is 26.5. The van der Waals surface area contributed by atoms with E-state index in [9.17, 15) is 9.59 Å². The number of amides is 2. The number of hydrogen-bond donors (Lipinski definition) is 1. The lowest BCUT2D eigenvalue weighted by molar-refractivity contribution is -0.146. The van der Waals surface area contributed by atoms with Gasteiger partial charge in [-0.05, 0) is 19.8 Å². The lowest BCUT2D eigenvalue weighted by Crippen LogP contribution is -2.55. The highest BCUT2D eigenvalue weighted by Crippen LogP contribution is 2.14. The highest BCUT2D eigenvalue weighted by molar-refractivity contribution is 5.89. The van der Waals surface area contributed by atoms with E-state index in [0.717, 1.165) is 12.8 Å². The second-order valence-electron chi connectivity index (χ2n) is 4.19. The third-order valence-electron chi connectivity index (χ3n) is 2.78. The van der Waals surface area contributed by atoms with Crippen LogP contribution in [0.2, 0.25) is 0 Å². The zero-order valence-electron chi connectivity index (χ0n) is 9.56. The van der Waals surface area contributed by atoms with Crippen molar-refractivity contribution < 1.29 is 9.59 Å². The largest absolute Gasteiger partial charge is 0.347 e. The van der Waals surface area contributed by atoms with Gasteiger partial charge in [0.25, 0.3) is 0 Å². The maximum Gasteiger partial charge on any atom is 0.244 e. The van der Waals surface area contributed by atoms with E-state index in [0.29, 0.717) is 6.54 Å². The van der Waals surface area contributed by atoms with E-state index < -0.39 is 12.1 Å². The molecule has 1 heterocycles. The molecule has 0 aromatic rings. The minimum atomic E-state index is -0.434. The Morgan fingerprint density at radius 1 is 1.60 bits per heavy atom. The van der Waals surface area contributed by atoms with Crippen molar-refractivity contribution >= 4 is 11.8 Å². The van der Waals surface area contributed by atoms with Gasteiger partial charge >= 0.3 is 0 Å². The van der Waals surface area contributed by atoms with Crippen molar-refractivity contribution in [1.29, 1.82) is 0 Å². The Bertz CT molecular complexity index is 265. The topological polar surface area (TPSA) is 66.6 Å². The third-order valence-corrected chi connectivity index (χ3v) is 2.78. The number of piperidine rings is 1. The van der Waals surface area contributed by atoms with Crippen LogP contribution in [0.5, 0.6) is 0 Å². The number of carbonyl (C=O) groups excluding carboxylic acids is 2. The number of rotatable bonds is 2. The number of likely N-dealkylation sites (N-methyl/N-ethyl adjacent to an activating group) is 1. The molecule has 0 aromatic heterocycles. The molecule has 2 amide bonds. The summed E-state index contributed by atoms with van der Waals surface area (Å²) >= 11 is 0. The Labute approximate surface area is 90.2 Å². The molecule has 0 radical (unpaired) electrons. The standard InChI is InChI=1S/C10H19N3O2/c1-7(9(14)12(2)3)13-6-4-5-8(11)10(13)15/h7-8H,4-6,11H2,1-3H3/t7-,8-/m1/s1. The number of carbonyl (C=O) groups is 2. The van der Waals surface area contributed by atoms with Crippen molar-refractivity contribution in [3.63, 3.8) is 0 Å².